The first-order valence-corrected chi connectivity index (χ1v) is 7.33. The number of aliphatic hydroxyl groups excluding tert-OH is 1. The van der Waals surface area contributed by atoms with Gasteiger partial charge in [-0.15, -0.1) is 0 Å². The molecule has 0 bridgehead atoms. The molecule has 2 rings (SSSR count). The number of carbonyl (C=O) groups is 1. The number of hydrogen-bond acceptors (Lipinski definition) is 3. The van der Waals surface area contributed by atoms with Crippen LogP contribution in [0.2, 0.25) is 0 Å². The van der Waals surface area contributed by atoms with Crippen molar-refractivity contribution in [2.45, 2.75) is 26.9 Å². The Balaban J connectivity index is 1.96. The third kappa shape index (κ3) is 4.36. The maximum Gasteiger partial charge on any atom is 0.318 e. The number of hydrogen-bond donors (Lipinski definition) is 2. The van der Waals surface area contributed by atoms with Crippen molar-refractivity contribution in [2.75, 3.05) is 13.2 Å². The van der Waals surface area contributed by atoms with E-state index >= 15 is 0 Å². The van der Waals surface area contributed by atoms with Crippen LogP contribution < -0.4 is 5.32 Å². The average molecular weight is 302 g/mol. The van der Waals surface area contributed by atoms with E-state index in [2.05, 4.69) is 5.32 Å². The highest BCUT2D eigenvalue weighted by atomic mass is 16.3. The average Bonchev–Trinajstić information content (AvgIpc) is 2.83. The van der Waals surface area contributed by atoms with E-state index in [1.54, 1.807) is 4.90 Å². The van der Waals surface area contributed by atoms with Gasteiger partial charge in [0.05, 0.1) is 6.61 Å². The predicted octanol–water partition coefficient (Wildman–Crippen LogP) is 2.60. The van der Waals surface area contributed by atoms with Crippen LogP contribution in [0.25, 0.3) is 0 Å². The molecular weight excluding hydrogens is 280 g/mol. The van der Waals surface area contributed by atoms with Crippen molar-refractivity contribution in [3.05, 3.63) is 59.0 Å². The van der Waals surface area contributed by atoms with Gasteiger partial charge >= 0.3 is 6.03 Å². The first-order chi connectivity index (χ1) is 10.6. The summed E-state index contributed by atoms with van der Waals surface area (Å²) in [6, 6.07) is 11.4. The summed E-state index contributed by atoms with van der Waals surface area (Å²) in [5.74, 6) is 1.65. The van der Waals surface area contributed by atoms with Gasteiger partial charge in [-0.2, -0.15) is 0 Å². The van der Waals surface area contributed by atoms with Crippen molar-refractivity contribution < 1.29 is 14.3 Å². The molecule has 118 valence electrons. The highest BCUT2D eigenvalue weighted by Crippen LogP contribution is 2.13. The summed E-state index contributed by atoms with van der Waals surface area (Å²) in [4.78, 5) is 13.9. The topological polar surface area (TPSA) is 65.7 Å². The lowest BCUT2D eigenvalue weighted by molar-refractivity contribution is 0.173. The zero-order valence-electron chi connectivity index (χ0n) is 13.0. The number of urea groups is 1. The van der Waals surface area contributed by atoms with Crippen molar-refractivity contribution in [2.24, 2.45) is 0 Å². The van der Waals surface area contributed by atoms with Gasteiger partial charge < -0.3 is 19.7 Å². The van der Waals surface area contributed by atoms with Crippen molar-refractivity contribution in [1.82, 2.24) is 10.2 Å². The van der Waals surface area contributed by atoms with Crippen molar-refractivity contribution in [1.29, 1.82) is 0 Å². The van der Waals surface area contributed by atoms with Crippen LogP contribution in [0, 0.1) is 13.8 Å². The Morgan fingerprint density at radius 2 is 2.00 bits per heavy atom. The number of nitrogens with zero attached hydrogens (tertiary/aromatic N) is 1. The van der Waals surface area contributed by atoms with Crippen molar-refractivity contribution in [3.63, 3.8) is 0 Å². The number of rotatable bonds is 6. The van der Waals surface area contributed by atoms with Gasteiger partial charge in [0, 0.05) is 25.2 Å². The molecule has 0 unspecified atom stereocenters. The van der Waals surface area contributed by atoms with E-state index in [0.717, 1.165) is 22.6 Å². The lowest BCUT2D eigenvalue weighted by Gasteiger charge is -2.22. The second kappa shape index (κ2) is 7.66. The minimum absolute atomic E-state index is 0.0654. The molecule has 1 aromatic carbocycles. The van der Waals surface area contributed by atoms with E-state index in [4.69, 9.17) is 9.52 Å². The quantitative estimate of drug-likeness (QED) is 0.862. The molecule has 0 radical (unpaired) electrons. The molecule has 0 fully saturated rings. The van der Waals surface area contributed by atoms with Gasteiger partial charge in [-0.1, -0.05) is 30.3 Å². The molecule has 2 N–H and O–H groups in total. The lowest BCUT2D eigenvalue weighted by atomic mass is 10.2. The van der Waals surface area contributed by atoms with Gasteiger partial charge in [-0.25, -0.2) is 4.79 Å². The third-order valence-corrected chi connectivity index (χ3v) is 3.45. The Kier molecular flexibility index (Phi) is 5.61. The Morgan fingerprint density at radius 1 is 1.27 bits per heavy atom. The summed E-state index contributed by atoms with van der Waals surface area (Å²) in [5, 5.41) is 12.0. The second-order valence-electron chi connectivity index (χ2n) is 5.23. The number of carbonyl (C=O) groups excluding carboxylic acids is 1. The Labute approximate surface area is 130 Å². The Morgan fingerprint density at radius 3 is 2.59 bits per heavy atom. The second-order valence-corrected chi connectivity index (χ2v) is 5.23. The monoisotopic (exact) mass is 302 g/mol. The zero-order chi connectivity index (χ0) is 15.9. The molecule has 0 spiro atoms. The maximum atomic E-state index is 12.3. The molecule has 22 heavy (non-hydrogen) atoms. The zero-order valence-corrected chi connectivity index (χ0v) is 13.0. The fourth-order valence-corrected chi connectivity index (χ4v) is 2.32. The summed E-state index contributed by atoms with van der Waals surface area (Å²) in [7, 11) is 0. The molecular formula is C17H22N2O3. The highest BCUT2D eigenvalue weighted by molar-refractivity contribution is 5.74. The minimum Gasteiger partial charge on any atom is -0.466 e. The molecule has 0 saturated carbocycles. The minimum atomic E-state index is -0.198. The number of aliphatic hydroxyl groups is 1. The normalized spacial score (nSPS) is 10.5. The largest absolute Gasteiger partial charge is 0.466 e. The maximum absolute atomic E-state index is 12.3. The number of furan rings is 1. The summed E-state index contributed by atoms with van der Waals surface area (Å²) < 4.78 is 5.45. The summed E-state index contributed by atoms with van der Waals surface area (Å²) in [5.41, 5.74) is 2.00. The van der Waals surface area contributed by atoms with Crippen molar-refractivity contribution in [3.8, 4) is 0 Å². The fourth-order valence-electron chi connectivity index (χ4n) is 2.32. The first-order valence-electron chi connectivity index (χ1n) is 7.33. The Hall–Kier alpha value is -2.27. The molecule has 0 aliphatic carbocycles. The first kappa shape index (κ1) is 16.1. The molecule has 2 amide bonds. The van der Waals surface area contributed by atoms with Gasteiger partial charge in [0.1, 0.15) is 11.5 Å². The number of nitrogens with one attached hydrogen (secondary N) is 1. The van der Waals surface area contributed by atoms with Crippen LogP contribution in [-0.2, 0) is 13.1 Å². The molecule has 0 saturated heterocycles. The van der Waals surface area contributed by atoms with Crippen LogP contribution in [-0.4, -0.2) is 29.2 Å². The van der Waals surface area contributed by atoms with E-state index in [9.17, 15) is 4.79 Å². The molecule has 0 aliphatic rings. The van der Waals surface area contributed by atoms with Gasteiger partial charge in [-0.05, 0) is 25.5 Å². The molecule has 1 aromatic heterocycles. The molecule has 0 atom stereocenters. The number of benzene rings is 1. The van der Waals surface area contributed by atoms with Crippen LogP contribution >= 0.6 is 0 Å². The lowest BCUT2D eigenvalue weighted by Crippen LogP contribution is -2.40. The third-order valence-electron chi connectivity index (χ3n) is 3.45. The fraction of sp³-hybridized carbons (Fsp3) is 0.353. The molecule has 5 nitrogen and oxygen atoms in total. The molecule has 0 aliphatic heterocycles. The van der Waals surface area contributed by atoms with E-state index in [1.807, 2.05) is 50.2 Å². The van der Waals surface area contributed by atoms with E-state index < -0.39 is 0 Å². The van der Waals surface area contributed by atoms with Gasteiger partial charge in [0.25, 0.3) is 0 Å². The van der Waals surface area contributed by atoms with Crippen LogP contribution in [0.4, 0.5) is 4.79 Å². The molecule has 2 aromatic rings. The van der Waals surface area contributed by atoms with Gasteiger partial charge in [0.15, 0.2) is 0 Å². The summed E-state index contributed by atoms with van der Waals surface area (Å²) in [6.45, 7) is 4.87. The van der Waals surface area contributed by atoms with Crippen LogP contribution in [0.3, 0.4) is 0 Å². The van der Waals surface area contributed by atoms with Crippen LogP contribution in [0.5, 0.6) is 0 Å². The van der Waals surface area contributed by atoms with Gasteiger partial charge in [-0.3, -0.25) is 0 Å². The highest BCUT2D eigenvalue weighted by Gasteiger charge is 2.14. The smallest absolute Gasteiger partial charge is 0.318 e. The standard InChI is InChI=1S/C17H22N2O3/c1-13-10-16(14(2)22-13)11-18-17(21)19(8-9-20)12-15-6-4-3-5-7-15/h3-7,10,20H,8-9,11-12H2,1-2H3,(H,18,21). The number of aryl methyl sites for hydroxylation is 2. The van der Waals surface area contributed by atoms with E-state index in [1.165, 1.54) is 0 Å². The van der Waals surface area contributed by atoms with E-state index in [-0.39, 0.29) is 12.6 Å². The summed E-state index contributed by atoms with van der Waals surface area (Å²) in [6.07, 6.45) is 0. The van der Waals surface area contributed by atoms with Gasteiger partial charge in [0.2, 0.25) is 0 Å². The van der Waals surface area contributed by atoms with E-state index in [0.29, 0.717) is 19.6 Å². The molecule has 1 heterocycles. The SMILES string of the molecule is Cc1cc(CNC(=O)N(CCO)Cc2ccccc2)c(C)o1. The Bertz CT molecular complexity index is 608. The molecule has 5 heteroatoms. The number of amides is 2. The van der Waals surface area contributed by atoms with Crippen molar-refractivity contribution >= 4 is 6.03 Å². The summed E-state index contributed by atoms with van der Waals surface area (Å²) >= 11 is 0. The predicted molar refractivity (Wildman–Crippen MR) is 84.4 cm³/mol. The van der Waals surface area contributed by atoms with Crippen LogP contribution in [0.1, 0.15) is 22.6 Å². The van der Waals surface area contributed by atoms with Crippen LogP contribution in [0.15, 0.2) is 40.8 Å².